The summed E-state index contributed by atoms with van der Waals surface area (Å²) in [5.74, 6) is 3.87. The Morgan fingerprint density at radius 1 is 1.21 bits per heavy atom. The van der Waals surface area contributed by atoms with Gasteiger partial charge in [-0.05, 0) is 36.5 Å². The van der Waals surface area contributed by atoms with Gasteiger partial charge in [0.1, 0.15) is 0 Å². The molecule has 2 heteroatoms. The van der Waals surface area contributed by atoms with E-state index in [4.69, 9.17) is 4.74 Å². The number of fused-ring (bicyclic) bond motifs is 7. The summed E-state index contributed by atoms with van der Waals surface area (Å²) in [5.41, 5.74) is 0. The first kappa shape index (κ1) is 7.49. The van der Waals surface area contributed by atoms with E-state index in [0.29, 0.717) is 24.4 Å². The van der Waals surface area contributed by atoms with Crippen molar-refractivity contribution >= 4 is 5.97 Å². The molecule has 3 fully saturated rings. The second-order valence-corrected chi connectivity index (χ2v) is 5.34. The zero-order valence-corrected chi connectivity index (χ0v) is 8.06. The summed E-state index contributed by atoms with van der Waals surface area (Å²) in [6.07, 6.45) is 7.29. The van der Waals surface area contributed by atoms with Crippen LogP contribution in [0.2, 0.25) is 0 Å². The van der Waals surface area contributed by atoms with Crippen LogP contribution in [-0.4, -0.2) is 12.6 Å². The molecule has 0 unspecified atom stereocenters. The van der Waals surface area contributed by atoms with Crippen molar-refractivity contribution in [2.75, 3.05) is 6.61 Å². The van der Waals surface area contributed by atoms with E-state index in [9.17, 15) is 4.79 Å². The van der Waals surface area contributed by atoms with E-state index < -0.39 is 0 Å². The van der Waals surface area contributed by atoms with Crippen LogP contribution in [0.1, 0.15) is 12.8 Å². The van der Waals surface area contributed by atoms with Crippen LogP contribution in [0.25, 0.3) is 0 Å². The highest BCUT2D eigenvalue weighted by Crippen LogP contribution is 2.61. The largest absolute Gasteiger partial charge is 0.465 e. The Bertz CT molecular complexity index is 333. The number of hydrogen-bond acceptors (Lipinski definition) is 2. The van der Waals surface area contributed by atoms with Gasteiger partial charge in [0, 0.05) is 5.92 Å². The van der Waals surface area contributed by atoms with Gasteiger partial charge in [-0.3, -0.25) is 4.79 Å². The second-order valence-electron chi connectivity index (χ2n) is 5.34. The van der Waals surface area contributed by atoms with Crippen molar-refractivity contribution in [3.05, 3.63) is 12.2 Å². The van der Waals surface area contributed by atoms with Crippen LogP contribution >= 0.6 is 0 Å². The molecule has 2 bridgehead atoms. The monoisotopic (exact) mass is 190 g/mol. The third-order valence-electron chi connectivity index (χ3n) is 4.90. The minimum absolute atomic E-state index is 0.100. The number of rotatable bonds is 0. The van der Waals surface area contributed by atoms with E-state index in [1.54, 1.807) is 0 Å². The Kier molecular flexibility index (Phi) is 1.20. The van der Waals surface area contributed by atoms with Crippen molar-refractivity contribution < 1.29 is 9.53 Å². The van der Waals surface area contributed by atoms with Gasteiger partial charge in [0.15, 0.2) is 0 Å². The first-order chi connectivity index (χ1) is 6.84. The maximum atomic E-state index is 11.6. The molecule has 0 radical (unpaired) electrons. The second kappa shape index (κ2) is 2.23. The molecule has 0 aromatic heterocycles. The minimum atomic E-state index is 0.100. The first-order valence-electron chi connectivity index (χ1n) is 5.69. The number of cyclic esters (lactones) is 1. The minimum Gasteiger partial charge on any atom is -0.465 e. The van der Waals surface area contributed by atoms with Gasteiger partial charge in [-0.15, -0.1) is 0 Å². The molecule has 0 aromatic carbocycles. The van der Waals surface area contributed by atoms with Crippen molar-refractivity contribution in [3.63, 3.8) is 0 Å². The van der Waals surface area contributed by atoms with Gasteiger partial charge in [0.05, 0.1) is 12.5 Å². The summed E-state index contributed by atoms with van der Waals surface area (Å²) in [4.78, 5) is 11.6. The van der Waals surface area contributed by atoms with Gasteiger partial charge < -0.3 is 4.74 Å². The van der Waals surface area contributed by atoms with Gasteiger partial charge in [-0.1, -0.05) is 12.2 Å². The maximum Gasteiger partial charge on any atom is 0.309 e. The molecule has 4 aliphatic rings. The topological polar surface area (TPSA) is 26.3 Å². The van der Waals surface area contributed by atoms with E-state index >= 15 is 0 Å². The van der Waals surface area contributed by atoms with E-state index in [-0.39, 0.29) is 11.9 Å². The van der Waals surface area contributed by atoms with Gasteiger partial charge in [0.2, 0.25) is 0 Å². The number of esters is 1. The maximum absolute atomic E-state index is 11.6. The first-order valence-corrected chi connectivity index (χ1v) is 5.69. The number of ether oxygens (including phenoxy) is 1. The molecule has 2 nitrogen and oxygen atoms in total. The Morgan fingerprint density at radius 3 is 3.00 bits per heavy atom. The molecule has 14 heavy (non-hydrogen) atoms. The quantitative estimate of drug-likeness (QED) is 0.428. The normalized spacial score (nSPS) is 57.6. The molecule has 6 atom stereocenters. The standard InChI is InChI=1S/C12H14O2/c13-12-11-8(5-14-12)4-9-6-1-2-7(3-6)10(9)11/h1-2,6-11H,3-5H2/t6-,7-,8+,9-,10-,11-/m0/s1. The number of allylic oxidation sites excluding steroid dienone is 2. The van der Waals surface area contributed by atoms with Crippen LogP contribution in [0.5, 0.6) is 0 Å². The molecule has 74 valence electrons. The van der Waals surface area contributed by atoms with Crippen molar-refractivity contribution in [2.45, 2.75) is 12.8 Å². The molecular formula is C12H14O2. The molecule has 2 saturated carbocycles. The van der Waals surface area contributed by atoms with Crippen LogP contribution in [0.4, 0.5) is 0 Å². The Hall–Kier alpha value is -0.790. The Balaban J connectivity index is 1.76. The number of carbonyl (C=O) groups excluding carboxylic acids is 1. The summed E-state index contributed by atoms with van der Waals surface area (Å²) in [7, 11) is 0. The van der Waals surface area contributed by atoms with Gasteiger partial charge in [-0.25, -0.2) is 0 Å². The highest BCUT2D eigenvalue weighted by molar-refractivity contribution is 5.76. The van der Waals surface area contributed by atoms with Crippen LogP contribution in [0, 0.1) is 35.5 Å². The lowest BCUT2D eigenvalue weighted by molar-refractivity contribution is -0.143. The van der Waals surface area contributed by atoms with Crippen molar-refractivity contribution in [1.29, 1.82) is 0 Å². The lowest BCUT2D eigenvalue weighted by atomic mass is 9.81. The molecule has 0 N–H and O–H groups in total. The van der Waals surface area contributed by atoms with Crippen LogP contribution in [-0.2, 0) is 9.53 Å². The smallest absolute Gasteiger partial charge is 0.309 e. The molecule has 4 rings (SSSR count). The molecule has 3 aliphatic carbocycles. The molecule has 1 aliphatic heterocycles. The summed E-state index contributed by atoms with van der Waals surface area (Å²) in [5, 5.41) is 0. The molecule has 0 aromatic rings. The van der Waals surface area contributed by atoms with Gasteiger partial charge >= 0.3 is 5.97 Å². The van der Waals surface area contributed by atoms with Gasteiger partial charge in [0.25, 0.3) is 0 Å². The average molecular weight is 190 g/mol. The van der Waals surface area contributed by atoms with Crippen molar-refractivity contribution in [3.8, 4) is 0 Å². The Labute approximate surface area is 83.3 Å². The molecule has 1 saturated heterocycles. The lowest BCUT2D eigenvalue weighted by Crippen LogP contribution is -2.24. The summed E-state index contributed by atoms with van der Waals surface area (Å²) >= 11 is 0. The highest BCUT2D eigenvalue weighted by Gasteiger charge is 2.59. The molecule has 0 amide bonds. The van der Waals surface area contributed by atoms with E-state index in [1.807, 2.05) is 0 Å². The van der Waals surface area contributed by atoms with Crippen molar-refractivity contribution in [1.82, 2.24) is 0 Å². The zero-order chi connectivity index (χ0) is 9.28. The molecule has 1 heterocycles. The third-order valence-corrected chi connectivity index (χ3v) is 4.90. The van der Waals surface area contributed by atoms with Crippen LogP contribution < -0.4 is 0 Å². The zero-order valence-electron chi connectivity index (χ0n) is 8.06. The highest BCUT2D eigenvalue weighted by atomic mass is 16.5. The number of carbonyl (C=O) groups is 1. The fourth-order valence-electron chi connectivity index (χ4n) is 4.44. The SMILES string of the molecule is O=C1OC[C@H]2C[C@@H]3[C@@H]([C@@H]12)[C@H]1C=C[C@H]3C1. The van der Waals surface area contributed by atoms with Crippen LogP contribution in [0.3, 0.4) is 0 Å². The van der Waals surface area contributed by atoms with E-state index in [0.717, 1.165) is 11.8 Å². The summed E-state index contributed by atoms with van der Waals surface area (Å²) < 4.78 is 5.17. The summed E-state index contributed by atoms with van der Waals surface area (Å²) in [6, 6.07) is 0. The van der Waals surface area contributed by atoms with Crippen molar-refractivity contribution in [2.24, 2.45) is 35.5 Å². The average Bonchev–Trinajstić information content (AvgIpc) is 2.84. The molecular weight excluding hydrogens is 176 g/mol. The molecule has 0 spiro atoms. The van der Waals surface area contributed by atoms with E-state index in [2.05, 4.69) is 12.2 Å². The number of hydrogen-bond donors (Lipinski definition) is 0. The third kappa shape index (κ3) is 0.688. The fourth-order valence-corrected chi connectivity index (χ4v) is 4.44. The van der Waals surface area contributed by atoms with Crippen LogP contribution in [0.15, 0.2) is 12.2 Å². The lowest BCUT2D eigenvalue weighted by Gasteiger charge is -2.23. The summed E-state index contributed by atoms with van der Waals surface area (Å²) in [6.45, 7) is 0.704. The predicted molar refractivity (Wildman–Crippen MR) is 50.3 cm³/mol. The van der Waals surface area contributed by atoms with E-state index in [1.165, 1.54) is 12.8 Å². The Morgan fingerprint density at radius 2 is 2.07 bits per heavy atom. The fraction of sp³-hybridized carbons (Fsp3) is 0.750. The van der Waals surface area contributed by atoms with Gasteiger partial charge in [-0.2, -0.15) is 0 Å². The predicted octanol–water partition coefficient (Wildman–Crippen LogP) is 1.62.